The molecule has 0 N–H and O–H groups in total. The van der Waals surface area contributed by atoms with Crippen LogP contribution in [0.2, 0.25) is 0 Å². The third-order valence-corrected chi connectivity index (χ3v) is 4.57. The maximum Gasteiger partial charge on any atom is 0.307 e. The number of rotatable bonds is 4. The number of hydrogen-bond donors (Lipinski definition) is 0. The van der Waals surface area contributed by atoms with E-state index in [1.165, 1.54) is 13.2 Å². The fourth-order valence-electron chi connectivity index (χ4n) is 2.65. The Morgan fingerprint density at radius 1 is 1.52 bits per heavy atom. The van der Waals surface area contributed by atoms with Crippen molar-refractivity contribution in [2.24, 2.45) is 0 Å². The quantitative estimate of drug-likeness (QED) is 0.334. The number of ether oxygens (including phenoxy) is 1. The second-order valence-corrected chi connectivity index (χ2v) is 6.18. The number of non-ortho nitro benzene ring substituents is 1. The molecule has 0 spiro atoms. The molecule has 0 amide bonds. The van der Waals surface area contributed by atoms with E-state index in [2.05, 4.69) is 27.5 Å². The molecule has 0 saturated carbocycles. The van der Waals surface area contributed by atoms with Crippen LogP contribution in [0, 0.1) is 13.7 Å². The van der Waals surface area contributed by atoms with Gasteiger partial charge in [-0.25, -0.2) is 0 Å². The molecule has 114 valence electrons. The molecular weight excluding hydrogens is 387 g/mol. The zero-order valence-electron chi connectivity index (χ0n) is 11.8. The fraction of sp³-hybridized carbons (Fsp3) is 0.500. The number of anilines is 1. The van der Waals surface area contributed by atoms with Gasteiger partial charge in [-0.05, 0) is 47.9 Å². The lowest BCUT2D eigenvalue weighted by Crippen LogP contribution is -2.41. The van der Waals surface area contributed by atoms with E-state index in [-0.39, 0.29) is 17.7 Å². The van der Waals surface area contributed by atoms with Crippen molar-refractivity contribution in [3.05, 3.63) is 31.9 Å². The number of esters is 1. The third kappa shape index (κ3) is 3.84. The van der Waals surface area contributed by atoms with Crippen LogP contribution in [0.15, 0.2) is 18.2 Å². The van der Waals surface area contributed by atoms with E-state index in [1.807, 2.05) is 0 Å². The van der Waals surface area contributed by atoms with E-state index >= 15 is 0 Å². The van der Waals surface area contributed by atoms with Gasteiger partial charge in [0.1, 0.15) is 0 Å². The number of piperidine rings is 1. The van der Waals surface area contributed by atoms with E-state index < -0.39 is 4.92 Å². The van der Waals surface area contributed by atoms with E-state index in [4.69, 9.17) is 4.74 Å². The smallest absolute Gasteiger partial charge is 0.307 e. The molecule has 1 atom stereocenters. The van der Waals surface area contributed by atoms with E-state index in [1.54, 1.807) is 12.1 Å². The summed E-state index contributed by atoms with van der Waals surface area (Å²) in [7, 11) is 1.39. The number of benzene rings is 1. The Kier molecular flexibility index (Phi) is 5.38. The SMILES string of the molecule is COC(=O)CC1CCCCN1c1ccc([N+](=O)[O-])cc1I. The zero-order chi connectivity index (χ0) is 15.4. The summed E-state index contributed by atoms with van der Waals surface area (Å²) in [5.41, 5.74) is 1.04. The van der Waals surface area contributed by atoms with E-state index in [0.29, 0.717) is 6.42 Å². The van der Waals surface area contributed by atoms with Crippen LogP contribution in [-0.4, -0.2) is 30.6 Å². The van der Waals surface area contributed by atoms with Crippen molar-refractivity contribution in [2.45, 2.75) is 31.7 Å². The monoisotopic (exact) mass is 404 g/mol. The standard InChI is InChI=1S/C14H17IN2O4/c1-21-14(18)9-10-4-2-3-7-16(10)13-6-5-11(17(19)20)8-12(13)15/h5-6,8,10H,2-4,7,9H2,1H3. The average Bonchev–Trinajstić information content (AvgIpc) is 2.47. The van der Waals surface area contributed by atoms with Crippen molar-refractivity contribution in [3.8, 4) is 0 Å². The molecule has 7 heteroatoms. The number of nitro groups is 1. The van der Waals surface area contributed by atoms with E-state index in [9.17, 15) is 14.9 Å². The lowest BCUT2D eigenvalue weighted by Gasteiger charge is -2.37. The van der Waals surface area contributed by atoms with Crippen molar-refractivity contribution in [3.63, 3.8) is 0 Å². The molecule has 0 bridgehead atoms. The van der Waals surface area contributed by atoms with Crippen LogP contribution in [0.1, 0.15) is 25.7 Å². The van der Waals surface area contributed by atoms with Gasteiger partial charge in [0.05, 0.1) is 24.1 Å². The second-order valence-electron chi connectivity index (χ2n) is 5.02. The molecule has 1 saturated heterocycles. The molecule has 0 radical (unpaired) electrons. The van der Waals surface area contributed by atoms with Gasteiger partial charge in [0.15, 0.2) is 0 Å². The number of nitrogens with zero attached hydrogens (tertiary/aromatic N) is 2. The highest BCUT2D eigenvalue weighted by molar-refractivity contribution is 14.1. The van der Waals surface area contributed by atoms with Crippen LogP contribution in [0.25, 0.3) is 0 Å². The molecule has 0 aromatic heterocycles. The predicted molar refractivity (Wildman–Crippen MR) is 87.4 cm³/mol. The zero-order valence-corrected chi connectivity index (χ0v) is 13.9. The van der Waals surface area contributed by atoms with Gasteiger partial charge < -0.3 is 9.64 Å². The summed E-state index contributed by atoms with van der Waals surface area (Å²) in [4.78, 5) is 24.1. The third-order valence-electron chi connectivity index (χ3n) is 3.71. The molecule has 1 aromatic carbocycles. The molecule has 1 aromatic rings. The average molecular weight is 404 g/mol. The van der Waals surface area contributed by atoms with Crippen LogP contribution in [0.3, 0.4) is 0 Å². The summed E-state index contributed by atoms with van der Waals surface area (Å²) in [6, 6.07) is 4.96. The molecule has 1 aliphatic heterocycles. The number of carbonyl (C=O) groups excluding carboxylic acids is 1. The minimum absolute atomic E-state index is 0.0877. The van der Waals surface area contributed by atoms with Gasteiger partial charge in [-0.3, -0.25) is 14.9 Å². The Hall–Kier alpha value is -1.38. The fourth-order valence-corrected chi connectivity index (χ4v) is 3.46. The highest BCUT2D eigenvalue weighted by Crippen LogP contribution is 2.32. The normalized spacial score (nSPS) is 18.4. The number of methoxy groups -OCH3 is 1. The lowest BCUT2D eigenvalue weighted by molar-refractivity contribution is -0.384. The summed E-state index contributed by atoms with van der Waals surface area (Å²) in [5, 5.41) is 10.8. The van der Waals surface area contributed by atoms with Crippen molar-refractivity contribution >= 4 is 39.9 Å². The van der Waals surface area contributed by atoms with Crippen molar-refractivity contribution in [1.29, 1.82) is 0 Å². The molecule has 1 aliphatic rings. The van der Waals surface area contributed by atoms with Crippen LogP contribution in [0.5, 0.6) is 0 Å². The highest BCUT2D eigenvalue weighted by Gasteiger charge is 2.27. The maximum atomic E-state index is 11.5. The van der Waals surface area contributed by atoms with Crippen molar-refractivity contribution in [1.82, 2.24) is 0 Å². The van der Waals surface area contributed by atoms with Gasteiger partial charge in [0.2, 0.25) is 0 Å². The largest absolute Gasteiger partial charge is 0.469 e. The first-order valence-electron chi connectivity index (χ1n) is 6.80. The van der Waals surface area contributed by atoms with Crippen LogP contribution in [-0.2, 0) is 9.53 Å². The number of hydrogen-bond acceptors (Lipinski definition) is 5. The van der Waals surface area contributed by atoms with Gasteiger partial charge in [-0.1, -0.05) is 0 Å². The maximum absolute atomic E-state index is 11.5. The molecule has 2 rings (SSSR count). The molecular formula is C14H17IN2O4. The minimum Gasteiger partial charge on any atom is -0.469 e. The molecule has 0 aliphatic carbocycles. The summed E-state index contributed by atoms with van der Waals surface area (Å²) in [6.45, 7) is 0.857. The van der Waals surface area contributed by atoms with Gasteiger partial charge in [-0.15, -0.1) is 0 Å². The van der Waals surface area contributed by atoms with Gasteiger partial charge in [-0.2, -0.15) is 0 Å². The van der Waals surface area contributed by atoms with Crippen molar-refractivity contribution in [2.75, 3.05) is 18.6 Å². The highest BCUT2D eigenvalue weighted by atomic mass is 127. The second kappa shape index (κ2) is 7.06. The summed E-state index contributed by atoms with van der Waals surface area (Å²) in [5.74, 6) is -0.219. The van der Waals surface area contributed by atoms with Gasteiger partial charge in [0.25, 0.3) is 5.69 Å². The summed E-state index contributed by atoms with van der Waals surface area (Å²) in [6.07, 6.45) is 3.43. The first-order valence-corrected chi connectivity index (χ1v) is 7.88. The minimum atomic E-state index is -0.395. The Morgan fingerprint density at radius 3 is 2.90 bits per heavy atom. The van der Waals surface area contributed by atoms with Crippen molar-refractivity contribution < 1.29 is 14.5 Å². The lowest BCUT2D eigenvalue weighted by atomic mass is 9.98. The molecule has 1 unspecified atom stereocenters. The van der Waals surface area contributed by atoms with Crippen LogP contribution >= 0.6 is 22.6 Å². The number of halogens is 1. The number of nitro benzene ring substituents is 1. The summed E-state index contributed by atoms with van der Waals surface area (Å²) >= 11 is 2.11. The Bertz CT molecular complexity index is 550. The molecule has 1 heterocycles. The topological polar surface area (TPSA) is 72.7 Å². The number of carbonyl (C=O) groups is 1. The Balaban J connectivity index is 2.24. The molecule has 1 fully saturated rings. The molecule has 21 heavy (non-hydrogen) atoms. The predicted octanol–water partition coefficient (Wildman–Crippen LogP) is 3.12. The molecule has 6 nitrogen and oxygen atoms in total. The van der Waals surface area contributed by atoms with E-state index in [0.717, 1.165) is 35.1 Å². The van der Waals surface area contributed by atoms with Gasteiger partial charge in [0, 0.05) is 28.3 Å². The van der Waals surface area contributed by atoms with Crippen LogP contribution < -0.4 is 4.90 Å². The summed E-state index contributed by atoms with van der Waals surface area (Å²) < 4.78 is 5.59. The van der Waals surface area contributed by atoms with Gasteiger partial charge >= 0.3 is 5.97 Å². The van der Waals surface area contributed by atoms with Crippen LogP contribution in [0.4, 0.5) is 11.4 Å². The Morgan fingerprint density at radius 2 is 2.29 bits per heavy atom. The first-order chi connectivity index (χ1) is 10.0. The Labute approximate surface area is 136 Å². The first kappa shape index (κ1) is 16.0.